The van der Waals surface area contributed by atoms with Crippen molar-refractivity contribution in [3.63, 3.8) is 0 Å². The van der Waals surface area contributed by atoms with Crippen LogP contribution in [0.3, 0.4) is 0 Å². The molecule has 2 rings (SSSR count). The maximum atomic E-state index is 12.6. The van der Waals surface area contributed by atoms with E-state index in [1.165, 1.54) is 12.1 Å². The summed E-state index contributed by atoms with van der Waals surface area (Å²) in [6.07, 6.45) is -3.28. The molecule has 0 aromatic heterocycles. The van der Waals surface area contributed by atoms with Gasteiger partial charge in [0.1, 0.15) is 5.75 Å². The Balaban J connectivity index is 1.91. The molecule has 0 unspecified atom stereocenters. The summed E-state index contributed by atoms with van der Waals surface area (Å²) in [4.78, 5) is 11.7. The molecule has 1 amide bonds. The van der Waals surface area contributed by atoms with Crippen LogP contribution in [0.1, 0.15) is 22.3 Å². The van der Waals surface area contributed by atoms with E-state index in [1.54, 1.807) is 0 Å². The molecule has 0 saturated carbocycles. The van der Waals surface area contributed by atoms with Crippen molar-refractivity contribution in [1.82, 2.24) is 5.43 Å². The van der Waals surface area contributed by atoms with Crippen LogP contribution in [0.5, 0.6) is 5.75 Å². The molecular formula is C18H17F3N2O2. The number of benzene rings is 2. The lowest BCUT2D eigenvalue weighted by Gasteiger charge is -2.10. The third kappa shape index (κ3) is 5.34. The number of hydrogen-bond donors (Lipinski definition) is 1. The number of alkyl halides is 3. The van der Waals surface area contributed by atoms with Crippen LogP contribution in [0.2, 0.25) is 0 Å². The van der Waals surface area contributed by atoms with Crippen molar-refractivity contribution < 1.29 is 22.7 Å². The Labute approximate surface area is 143 Å². The van der Waals surface area contributed by atoms with Crippen LogP contribution < -0.4 is 10.2 Å². The van der Waals surface area contributed by atoms with Crippen molar-refractivity contribution in [2.45, 2.75) is 20.0 Å². The second-order valence-corrected chi connectivity index (χ2v) is 5.43. The largest absolute Gasteiger partial charge is 0.483 e. The first-order chi connectivity index (χ1) is 11.8. The zero-order chi connectivity index (χ0) is 18.4. The molecule has 0 spiro atoms. The van der Waals surface area contributed by atoms with Crippen LogP contribution in [-0.4, -0.2) is 18.7 Å². The fourth-order valence-electron chi connectivity index (χ4n) is 2.17. The topological polar surface area (TPSA) is 50.7 Å². The summed E-state index contributed by atoms with van der Waals surface area (Å²) in [5.74, 6) is 0.116. The first kappa shape index (κ1) is 18.5. The average Bonchev–Trinajstić information content (AvgIpc) is 2.54. The minimum Gasteiger partial charge on any atom is -0.483 e. The van der Waals surface area contributed by atoms with Crippen molar-refractivity contribution in [3.8, 4) is 5.75 Å². The third-order valence-corrected chi connectivity index (χ3v) is 3.37. The normalized spacial score (nSPS) is 11.6. The lowest BCUT2D eigenvalue weighted by atomic mass is 10.1. The fourth-order valence-corrected chi connectivity index (χ4v) is 2.17. The summed E-state index contributed by atoms with van der Waals surface area (Å²) in [5.41, 5.74) is 3.48. The van der Waals surface area contributed by atoms with E-state index in [9.17, 15) is 18.0 Å². The van der Waals surface area contributed by atoms with Gasteiger partial charge < -0.3 is 4.74 Å². The first-order valence-corrected chi connectivity index (χ1v) is 7.45. The molecule has 7 heteroatoms. The highest BCUT2D eigenvalue weighted by Gasteiger charge is 2.30. The molecule has 4 nitrogen and oxygen atoms in total. The number of para-hydroxylation sites is 1. The number of carbonyl (C=O) groups excluding carboxylic acids is 1. The molecular weight excluding hydrogens is 333 g/mol. The molecule has 0 aliphatic heterocycles. The van der Waals surface area contributed by atoms with Crippen molar-refractivity contribution >= 4 is 12.1 Å². The zero-order valence-electron chi connectivity index (χ0n) is 13.7. The molecule has 2 aromatic carbocycles. The van der Waals surface area contributed by atoms with E-state index in [0.717, 1.165) is 29.5 Å². The van der Waals surface area contributed by atoms with Crippen LogP contribution in [0.15, 0.2) is 47.6 Å². The Morgan fingerprint density at radius 2 is 1.80 bits per heavy atom. The van der Waals surface area contributed by atoms with Crippen LogP contribution in [0.4, 0.5) is 13.2 Å². The number of carbonyl (C=O) groups is 1. The predicted molar refractivity (Wildman–Crippen MR) is 88.6 cm³/mol. The molecule has 0 bridgehead atoms. The van der Waals surface area contributed by atoms with Gasteiger partial charge in [-0.05, 0) is 42.7 Å². The fraction of sp³-hybridized carbons (Fsp3) is 0.222. The van der Waals surface area contributed by atoms with Gasteiger partial charge in [0.25, 0.3) is 5.91 Å². The van der Waals surface area contributed by atoms with Gasteiger partial charge >= 0.3 is 6.18 Å². The molecule has 0 heterocycles. The highest BCUT2D eigenvalue weighted by atomic mass is 19.4. The van der Waals surface area contributed by atoms with Crippen molar-refractivity contribution in [3.05, 3.63) is 64.7 Å². The number of nitrogens with zero attached hydrogens (tertiary/aromatic N) is 1. The van der Waals surface area contributed by atoms with E-state index in [2.05, 4.69) is 10.5 Å². The van der Waals surface area contributed by atoms with Gasteiger partial charge in [0, 0.05) is 0 Å². The number of rotatable bonds is 5. The SMILES string of the molecule is Cc1cccc(C)c1OCC(=O)N/N=C/c1cccc(C(F)(F)F)c1. The zero-order valence-corrected chi connectivity index (χ0v) is 13.7. The quantitative estimate of drug-likeness (QED) is 0.658. The van der Waals surface area contributed by atoms with Crippen molar-refractivity contribution in [2.24, 2.45) is 5.10 Å². The molecule has 25 heavy (non-hydrogen) atoms. The van der Waals surface area contributed by atoms with Crippen LogP contribution in [-0.2, 0) is 11.0 Å². The van der Waals surface area contributed by atoms with E-state index < -0.39 is 17.6 Å². The van der Waals surface area contributed by atoms with Crippen LogP contribution in [0.25, 0.3) is 0 Å². The Hall–Kier alpha value is -2.83. The van der Waals surface area contributed by atoms with Gasteiger partial charge in [-0.2, -0.15) is 18.3 Å². The van der Waals surface area contributed by atoms with Crippen LogP contribution in [0, 0.1) is 13.8 Å². The molecule has 132 valence electrons. The molecule has 1 N–H and O–H groups in total. The molecule has 2 aromatic rings. The summed E-state index contributed by atoms with van der Waals surface area (Å²) in [6.45, 7) is 3.49. The maximum Gasteiger partial charge on any atom is 0.416 e. The lowest BCUT2D eigenvalue weighted by Crippen LogP contribution is -2.25. The Bertz CT molecular complexity index is 766. The van der Waals surface area contributed by atoms with E-state index in [4.69, 9.17) is 4.74 Å². The second kappa shape index (κ2) is 7.83. The van der Waals surface area contributed by atoms with Gasteiger partial charge in [-0.1, -0.05) is 30.3 Å². The van der Waals surface area contributed by atoms with Crippen LogP contribution >= 0.6 is 0 Å². The Morgan fingerprint density at radius 1 is 1.16 bits per heavy atom. The number of amides is 1. The molecule has 0 aliphatic carbocycles. The van der Waals surface area contributed by atoms with Gasteiger partial charge in [-0.3, -0.25) is 4.79 Å². The smallest absolute Gasteiger partial charge is 0.416 e. The summed E-state index contributed by atoms with van der Waals surface area (Å²) in [5, 5.41) is 3.65. The summed E-state index contributed by atoms with van der Waals surface area (Å²) < 4.78 is 43.3. The number of hydrogen-bond acceptors (Lipinski definition) is 3. The minimum absolute atomic E-state index is 0.228. The van der Waals surface area contributed by atoms with Gasteiger partial charge in [-0.25, -0.2) is 5.43 Å². The third-order valence-electron chi connectivity index (χ3n) is 3.37. The number of aryl methyl sites for hydroxylation is 2. The number of hydrazone groups is 1. The highest BCUT2D eigenvalue weighted by Crippen LogP contribution is 2.29. The van der Waals surface area contributed by atoms with Gasteiger partial charge in [0.05, 0.1) is 11.8 Å². The summed E-state index contributed by atoms with van der Waals surface area (Å²) >= 11 is 0. The maximum absolute atomic E-state index is 12.6. The molecule has 0 radical (unpaired) electrons. The molecule has 0 fully saturated rings. The number of ether oxygens (including phenoxy) is 1. The Morgan fingerprint density at radius 3 is 2.44 bits per heavy atom. The van der Waals surface area contributed by atoms with E-state index >= 15 is 0 Å². The van der Waals surface area contributed by atoms with Crippen molar-refractivity contribution in [2.75, 3.05) is 6.61 Å². The summed E-state index contributed by atoms with van der Waals surface area (Å²) in [6, 6.07) is 10.3. The van der Waals surface area contributed by atoms with Crippen molar-refractivity contribution in [1.29, 1.82) is 0 Å². The predicted octanol–water partition coefficient (Wildman–Crippen LogP) is 3.85. The number of nitrogens with one attached hydrogen (secondary N) is 1. The monoisotopic (exact) mass is 350 g/mol. The van der Waals surface area contributed by atoms with E-state index in [0.29, 0.717) is 5.75 Å². The van der Waals surface area contributed by atoms with E-state index in [-0.39, 0.29) is 12.2 Å². The first-order valence-electron chi connectivity index (χ1n) is 7.45. The lowest BCUT2D eigenvalue weighted by molar-refractivity contribution is -0.137. The van der Waals surface area contributed by atoms with Gasteiger partial charge in [-0.15, -0.1) is 0 Å². The average molecular weight is 350 g/mol. The highest BCUT2D eigenvalue weighted by molar-refractivity contribution is 5.83. The Kier molecular flexibility index (Phi) is 5.80. The number of halogens is 3. The molecule has 0 aliphatic rings. The standard InChI is InChI=1S/C18H17F3N2O2/c1-12-5-3-6-13(2)17(12)25-11-16(24)23-22-10-14-7-4-8-15(9-14)18(19,20)21/h3-10H,11H2,1-2H3,(H,23,24)/b22-10+. The minimum atomic E-state index is -4.42. The van der Waals surface area contributed by atoms with Gasteiger partial charge in [0.15, 0.2) is 6.61 Å². The second-order valence-electron chi connectivity index (χ2n) is 5.43. The summed E-state index contributed by atoms with van der Waals surface area (Å²) in [7, 11) is 0. The van der Waals surface area contributed by atoms with E-state index in [1.807, 2.05) is 32.0 Å². The van der Waals surface area contributed by atoms with Gasteiger partial charge in [0.2, 0.25) is 0 Å². The molecule has 0 saturated heterocycles. The molecule has 0 atom stereocenters.